The predicted octanol–water partition coefficient (Wildman–Crippen LogP) is 2.71. The lowest BCUT2D eigenvalue weighted by molar-refractivity contribution is -0.136. The van der Waals surface area contributed by atoms with Gasteiger partial charge in [0.05, 0.1) is 35.7 Å². The summed E-state index contributed by atoms with van der Waals surface area (Å²) in [7, 11) is 0. The molecule has 1 aliphatic carbocycles. The highest BCUT2D eigenvalue weighted by molar-refractivity contribution is 5.59. The molecule has 0 saturated heterocycles. The lowest BCUT2D eigenvalue weighted by Crippen LogP contribution is -2.31. The van der Waals surface area contributed by atoms with E-state index in [4.69, 9.17) is 6.57 Å². The number of nitrogens with zero attached hydrogens (tertiary/aromatic N) is 3. The second kappa shape index (κ2) is 4.89. The van der Waals surface area contributed by atoms with E-state index in [0.29, 0.717) is 24.6 Å². The van der Waals surface area contributed by atoms with Crippen molar-refractivity contribution in [3.05, 3.63) is 51.4 Å². The summed E-state index contributed by atoms with van der Waals surface area (Å²) in [5.41, 5.74) is -2.25. The third-order valence-corrected chi connectivity index (χ3v) is 4.98. The molecule has 3 atom stereocenters. The van der Waals surface area contributed by atoms with E-state index >= 15 is 0 Å². The molecule has 4 rings (SSSR count). The molecule has 2 heterocycles. The van der Waals surface area contributed by atoms with Crippen LogP contribution in [0.1, 0.15) is 36.1 Å². The summed E-state index contributed by atoms with van der Waals surface area (Å²) in [5, 5.41) is 20.4. The molecule has 0 amide bonds. The SMILES string of the molecule is [C-]#[N+]c1ccc(-n2c(O)c3n(c2=O)C2CC3C[C@H]2O)cc1C(F)(F)F. The number of halogens is 3. The van der Waals surface area contributed by atoms with Crippen LogP contribution in [-0.2, 0) is 6.18 Å². The predicted molar refractivity (Wildman–Crippen MR) is 80.0 cm³/mol. The van der Waals surface area contributed by atoms with Crippen molar-refractivity contribution in [1.29, 1.82) is 0 Å². The van der Waals surface area contributed by atoms with Crippen molar-refractivity contribution in [2.45, 2.75) is 37.1 Å². The maximum Gasteiger partial charge on any atom is 0.407 e. The topological polar surface area (TPSA) is 71.8 Å². The van der Waals surface area contributed by atoms with Crippen LogP contribution in [0.4, 0.5) is 18.9 Å². The normalized spacial score (nSPS) is 24.4. The number of hydrogen-bond acceptors (Lipinski definition) is 3. The van der Waals surface area contributed by atoms with Gasteiger partial charge in [-0.05, 0) is 25.0 Å². The van der Waals surface area contributed by atoms with Gasteiger partial charge in [0.25, 0.3) is 0 Å². The highest BCUT2D eigenvalue weighted by Gasteiger charge is 2.48. The first-order valence-electron chi connectivity index (χ1n) is 7.57. The quantitative estimate of drug-likeness (QED) is 0.776. The Kier molecular flexibility index (Phi) is 3.09. The Labute approximate surface area is 139 Å². The molecule has 1 aromatic heterocycles. The molecular weight excluding hydrogens is 339 g/mol. The highest BCUT2D eigenvalue weighted by atomic mass is 19.4. The number of aliphatic hydroxyl groups is 1. The Balaban J connectivity index is 1.93. The summed E-state index contributed by atoms with van der Waals surface area (Å²) in [6.45, 7) is 6.86. The molecule has 130 valence electrons. The summed E-state index contributed by atoms with van der Waals surface area (Å²) in [5.74, 6) is -0.605. The third-order valence-electron chi connectivity index (χ3n) is 4.98. The second-order valence-corrected chi connectivity index (χ2v) is 6.31. The minimum absolute atomic E-state index is 0.169. The number of hydrogen-bond donors (Lipinski definition) is 2. The van der Waals surface area contributed by atoms with Gasteiger partial charge in [-0.25, -0.2) is 14.2 Å². The zero-order chi connectivity index (χ0) is 18.1. The van der Waals surface area contributed by atoms with E-state index < -0.39 is 41.1 Å². The van der Waals surface area contributed by atoms with Crippen LogP contribution >= 0.6 is 0 Å². The number of fused-ring (bicyclic) bond motifs is 5. The molecule has 0 spiro atoms. The summed E-state index contributed by atoms with van der Waals surface area (Å²) >= 11 is 0. The summed E-state index contributed by atoms with van der Waals surface area (Å²) in [6, 6.07) is 2.38. The van der Waals surface area contributed by atoms with E-state index in [1.165, 1.54) is 10.6 Å². The lowest BCUT2D eigenvalue weighted by Gasteiger charge is -2.18. The average Bonchev–Trinajstić information content (AvgIpc) is 3.17. The van der Waals surface area contributed by atoms with Crippen LogP contribution in [0, 0.1) is 6.57 Å². The molecule has 2 aliphatic rings. The Morgan fingerprint density at radius 3 is 2.64 bits per heavy atom. The van der Waals surface area contributed by atoms with Crippen molar-refractivity contribution >= 4 is 5.69 Å². The first-order valence-corrected chi connectivity index (χ1v) is 7.57. The van der Waals surface area contributed by atoms with Crippen molar-refractivity contribution in [1.82, 2.24) is 9.13 Å². The van der Waals surface area contributed by atoms with Gasteiger partial charge in [0.1, 0.15) is 0 Å². The molecular formula is C16H12F3N3O3. The zero-order valence-corrected chi connectivity index (χ0v) is 12.7. The number of aliphatic hydroxyl groups excluding tert-OH is 1. The number of rotatable bonds is 1. The highest BCUT2D eigenvalue weighted by Crippen LogP contribution is 2.51. The van der Waals surface area contributed by atoms with Gasteiger partial charge < -0.3 is 10.2 Å². The number of aromatic nitrogens is 2. The van der Waals surface area contributed by atoms with Crippen molar-refractivity contribution in [3.8, 4) is 11.6 Å². The standard InChI is InChI=1S/C16H12F3N3O3/c1-20-10-3-2-8(6-9(10)16(17,18)19)21-14(24)13-7-4-11(12(23)5-7)22(13)15(21)25/h2-3,6-7,11-12,23-24H,4-5H2/t7?,11?,12-/m1/s1. The van der Waals surface area contributed by atoms with Gasteiger partial charge in [-0.1, -0.05) is 6.07 Å². The monoisotopic (exact) mass is 351 g/mol. The van der Waals surface area contributed by atoms with Crippen molar-refractivity contribution in [3.63, 3.8) is 0 Å². The first-order chi connectivity index (χ1) is 11.7. The molecule has 1 aliphatic heterocycles. The van der Waals surface area contributed by atoms with Crippen LogP contribution in [-0.4, -0.2) is 25.5 Å². The fourth-order valence-corrected chi connectivity index (χ4v) is 3.94. The molecule has 1 saturated carbocycles. The summed E-state index contributed by atoms with van der Waals surface area (Å²) < 4.78 is 41.5. The van der Waals surface area contributed by atoms with Crippen LogP contribution in [0.2, 0.25) is 0 Å². The molecule has 1 aromatic carbocycles. The average molecular weight is 351 g/mol. The van der Waals surface area contributed by atoms with Crippen molar-refractivity contribution < 1.29 is 23.4 Å². The summed E-state index contributed by atoms with van der Waals surface area (Å²) in [6.07, 6.45) is -4.52. The minimum Gasteiger partial charge on any atom is -0.493 e. The largest absolute Gasteiger partial charge is 0.493 e. The van der Waals surface area contributed by atoms with Gasteiger partial charge in [-0.15, -0.1) is 0 Å². The van der Waals surface area contributed by atoms with E-state index in [-0.39, 0.29) is 11.6 Å². The molecule has 2 bridgehead atoms. The third kappa shape index (κ3) is 2.04. The van der Waals surface area contributed by atoms with Gasteiger partial charge in [-0.2, -0.15) is 13.2 Å². The number of imidazole rings is 1. The maximum absolute atomic E-state index is 13.1. The zero-order valence-electron chi connectivity index (χ0n) is 12.7. The van der Waals surface area contributed by atoms with Crippen molar-refractivity contribution in [2.24, 2.45) is 0 Å². The molecule has 6 nitrogen and oxygen atoms in total. The maximum atomic E-state index is 13.1. The van der Waals surface area contributed by atoms with E-state index in [9.17, 15) is 28.2 Å². The van der Waals surface area contributed by atoms with Crippen LogP contribution in [0.3, 0.4) is 0 Å². The molecule has 2 N–H and O–H groups in total. The van der Waals surface area contributed by atoms with Crippen LogP contribution in [0.25, 0.3) is 10.5 Å². The van der Waals surface area contributed by atoms with Crippen LogP contribution in [0.15, 0.2) is 23.0 Å². The second-order valence-electron chi connectivity index (χ2n) is 6.31. The fraction of sp³-hybridized carbons (Fsp3) is 0.375. The number of benzene rings is 1. The molecule has 1 fully saturated rings. The van der Waals surface area contributed by atoms with Gasteiger partial charge in [-0.3, -0.25) is 4.57 Å². The van der Waals surface area contributed by atoms with Gasteiger partial charge >= 0.3 is 11.9 Å². The summed E-state index contributed by atoms with van der Waals surface area (Å²) in [4.78, 5) is 15.5. The Bertz CT molecular complexity index is 983. The lowest BCUT2D eigenvalue weighted by atomic mass is 10.1. The number of aromatic hydroxyl groups is 1. The van der Waals surface area contributed by atoms with E-state index in [2.05, 4.69) is 4.85 Å². The van der Waals surface area contributed by atoms with Gasteiger partial charge in [0.15, 0.2) is 5.69 Å². The fourth-order valence-electron chi connectivity index (χ4n) is 3.94. The van der Waals surface area contributed by atoms with Gasteiger partial charge in [0.2, 0.25) is 5.88 Å². The molecule has 2 unspecified atom stereocenters. The van der Waals surface area contributed by atoms with Gasteiger partial charge in [0, 0.05) is 5.92 Å². The molecule has 9 heteroatoms. The number of alkyl halides is 3. The van der Waals surface area contributed by atoms with E-state index in [1.54, 1.807) is 0 Å². The van der Waals surface area contributed by atoms with E-state index in [1.807, 2.05) is 0 Å². The molecule has 25 heavy (non-hydrogen) atoms. The van der Waals surface area contributed by atoms with Crippen LogP contribution in [0.5, 0.6) is 5.88 Å². The molecule has 0 radical (unpaired) electrons. The molecule has 2 aromatic rings. The Morgan fingerprint density at radius 2 is 2.00 bits per heavy atom. The first kappa shape index (κ1) is 15.8. The van der Waals surface area contributed by atoms with E-state index in [0.717, 1.165) is 10.6 Å². The smallest absolute Gasteiger partial charge is 0.407 e. The minimum atomic E-state index is -4.76. The van der Waals surface area contributed by atoms with Crippen LogP contribution < -0.4 is 5.69 Å². The van der Waals surface area contributed by atoms with Crippen molar-refractivity contribution in [2.75, 3.05) is 0 Å². The Morgan fingerprint density at radius 1 is 1.28 bits per heavy atom. The Hall–Kier alpha value is -2.73.